The van der Waals surface area contributed by atoms with Crippen LogP contribution in [0, 0.1) is 0 Å². The minimum absolute atomic E-state index is 0.687. The van der Waals surface area contributed by atoms with E-state index in [4.69, 9.17) is 0 Å². The number of fused-ring (bicyclic) bond motifs is 4. The van der Waals surface area contributed by atoms with Crippen molar-refractivity contribution >= 4 is 44.6 Å². The Bertz CT molecular complexity index is 1210. The topological polar surface area (TPSA) is 54.5 Å². The molecule has 25 heavy (non-hydrogen) atoms. The van der Waals surface area contributed by atoms with E-state index in [1.54, 1.807) is 11.8 Å². The highest BCUT2D eigenvalue weighted by molar-refractivity contribution is 7.98. The quantitative estimate of drug-likeness (QED) is 0.471. The van der Waals surface area contributed by atoms with Crippen LogP contribution in [0.25, 0.3) is 32.8 Å². The first kappa shape index (κ1) is 14.4. The lowest BCUT2D eigenvalue weighted by atomic mass is 10.1. The highest BCUT2D eigenvalue weighted by Gasteiger charge is 2.09. The molecular weight excluding hydrogens is 328 g/mol. The Morgan fingerprint density at radius 1 is 0.840 bits per heavy atom. The molecule has 0 atom stereocenters. The zero-order valence-electron chi connectivity index (χ0n) is 13.3. The molecule has 0 unspecified atom stereocenters. The normalized spacial score (nSPS) is 11.5. The first-order valence-corrected chi connectivity index (χ1v) is 9.07. The third-order valence-corrected chi connectivity index (χ3v) is 5.19. The van der Waals surface area contributed by atoms with Gasteiger partial charge in [-0.15, -0.1) is 10.2 Å². The predicted molar refractivity (Wildman–Crippen MR) is 103 cm³/mol. The molecule has 0 radical (unpaired) electrons. The summed E-state index contributed by atoms with van der Waals surface area (Å²) in [5, 5.41) is 12.9. The monoisotopic (exact) mass is 342 g/mol. The van der Waals surface area contributed by atoms with Crippen LogP contribution in [0.1, 0.15) is 5.56 Å². The fourth-order valence-corrected chi connectivity index (χ4v) is 3.77. The molecule has 2 aromatic heterocycles. The molecule has 5 heteroatoms. The van der Waals surface area contributed by atoms with E-state index in [0.717, 1.165) is 27.8 Å². The lowest BCUT2D eigenvalue weighted by Gasteiger charge is -2.03. The first-order valence-electron chi connectivity index (χ1n) is 8.08. The van der Waals surface area contributed by atoms with Gasteiger partial charge in [0.05, 0.1) is 0 Å². The second-order valence-corrected chi connectivity index (χ2v) is 6.87. The third kappa shape index (κ3) is 2.62. The van der Waals surface area contributed by atoms with Gasteiger partial charge in [-0.2, -0.15) is 0 Å². The number of para-hydroxylation sites is 1. The standard InChI is InChI=1S/C20H14N4S/c1-2-6-15-11-13(9-10-14(15)5-1)12-25-20-22-19-18(23-24-20)16-7-3-4-8-17(16)21-19/h1-11H,12H2,(H,21,22,24). The Morgan fingerprint density at radius 3 is 2.64 bits per heavy atom. The van der Waals surface area contributed by atoms with Gasteiger partial charge in [-0.1, -0.05) is 72.4 Å². The molecule has 2 heterocycles. The lowest BCUT2D eigenvalue weighted by Crippen LogP contribution is -1.92. The fourth-order valence-electron chi connectivity index (χ4n) is 3.04. The van der Waals surface area contributed by atoms with Crippen LogP contribution in [0.2, 0.25) is 0 Å². The van der Waals surface area contributed by atoms with E-state index >= 15 is 0 Å². The van der Waals surface area contributed by atoms with Crippen LogP contribution in [0.3, 0.4) is 0 Å². The highest BCUT2D eigenvalue weighted by atomic mass is 32.2. The molecule has 3 aromatic carbocycles. The summed E-state index contributed by atoms with van der Waals surface area (Å²) in [7, 11) is 0. The minimum Gasteiger partial charge on any atom is -0.338 e. The van der Waals surface area contributed by atoms with Gasteiger partial charge in [-0.25, -0.2) is 4.98 Å². The average Bonchev–Trinajstić information content (AvgIpc) is 3.04. The van der Waals surface area contributed by atoms with Crippen LogP contribution in [-0.4, -0.2) is 20.2 Å². The number of rotatable bonds is 3. The molecule has 0 amide bonds. The summed E-state index contributed by atoms with van der Waals surface area (Å²) in [6, 6.07) is 23.0. The SMILES string of the molecule is c1ccc2cc(CSc3nnc4c(n3)[nH]c3ccccc34)ccc2c1. The van der Waals surface area contributed by atoms with Crippen LogP contribution in [0.5, 0.6) is 0 Å². The number of hydrogen-bond donors (Lipinski definition) is 1. The molecule has 5 aromatic rings. The lowest BCUT2D eigenvalue weighted by molar-refractivity contribution is 0.878. The zero-order chi connectivity index (χ0) is 16.6. The molecule has 0 fully saturated rings. The van der Waals surface area contributed by atoms with Crippen molar-refractivity contribution in [2.24, 2.45) is 0 Å². The van der Waals surface area contributed by atoms with Crippen molar-refractivity contribution in [1.29, 1.82) is 0 Å². The summed E-state index contributed by atoms with van der Waals surface area (Å²) < 4.78 is 0. The summed E-state index contributed by atoms with van der Waals surface area (Å²) in [5.74, 6) is 0.818. The predicted octanol–water partition coefficient (Wildman–Crippen LogP) is 4.95. The van der Waals surface area contributed by atoms with Crippen molar-refractivity contribution in [3.8, 4) is 0 Å². The number of thioether (sulfide) groups is 1. The molecule has 5 rings (SSSR count). The number of aromatic nitrogens is 4. The molecular formula is C20H14N4S. The molecule has 0 aliphatic heterocycles. The molecule has 0 spiro atoms. The maximum atomic E-state index is 4.62. The molecule has 120 valence electrons. The van der Waals surface area contributed by atoms with Gasteiger partial charge in [0.25, 0.3) is 0 Å². The highest BCUT2D eigenvalue weighted by Crippen LogP contribution is 2.25. The number of hydrogen-bond acceptors (Lipinski definition) is 4. The van der Waals surface area contributed by atoms with Gasteiger partial charge in [0, 0.05) is 16.7 Å². The summed E-state index contributed by atoms with van der Waals surface area (Å²) >= 11 is 1.60. The van der Waals surface area contributed by atoms with Crippen molar-refractivity contribution in [2.75, 3.05) is 0 Å². The molecule has 4 nitrogen and oxygen atoms in total. The fraction of sp³-hybridized carbons (Fsp3) is 0.0500. The molecule has 0 saturated carbocycles. The van der Waals surface area contributed by atoms with E-state index in [0.29, 0.717) is 5.16 Å². The van der Waals surface area contributed by atoms with E-state index in [1.165, 1.54) is 16.3 Å². The van der Waals surface area contributed by atoms with Crippen molar-refractivity contribution in [2.45, 2.75) is 10.9 Å². The second-order valence-electron chi connectivity index (χ2n) is 5.93. The number of H-pyrrole nitrogens is 1. The Labute approximate surface area is 148 Å². The Kier molecular flexibility index (Phi) is 3.38. The molecule has 1 N–H and O–H groups in total. The molecule has 0 aliphatic rings. The van der Waals surface area contributed by atoms with E-state index in [1.807, 2.05) is 24.3 Å². The minimum atomic E-state index is 0.687. The number of nitrogens with one attached hydrogen (secondary N) is 1. The summed E-state index contributed by atoms with van der Waals surface area (Å²) in [6.07, 6.45) is 0. The summed E-state index contributed by atoms with van der Waals surface area (Å²) in [5.41, 5.74) is 3.91. The third-order valence-electron chi connectivity index (χ3n) is 4.28. The summed E-state index contributed by atoms with van der Waals surface area (Å²) in [6.45, 7) is 0. The van der Waals surface area contributed by atoms with Crippen LogP contribution in [0.15, 0.2) is 71.9 Å². The van der Waals surface area contributed by atoms with Crippen LogP contribution < -0.4 is 0 Å². The Hall–Kier alpha value is -2.92. The molecule has 0 bridgehead atoms. The molecule has 0 aliphatic carbocycles. The van der Waals surface area contributed by atoms with Crippen molar-refractivity contribution in [3.05, 3.63) is 72.3 Å². The van der Waals surface area contributed by atoms with Crippen LogP contribution >= 0.6 is 11.8 Å². The van der Waals surface area contributed by atoms with E-state index in [-0.39, 0.29) is 0 Å². The maximum absolute atomic E-state index is 4.62. The van der Waals surface area contributed by atoms with Crippen molar-refractivity contribution in [1.82, 2.24) is 20.2 Å². The van der Waals surface area contributed by atoms with Gasteiger partial charge < -0.3 is 4.98 Å². The van der Waals surface area contributed by atoms with Crippen molar-refractivity contribution < 1.29 is 0 Å². The van der Waals surface area contributed by atoms with Gasteiger partial charge in [-0.3, -0.25) is 0 Å². The summed E-state index contributed by atoms with van der Waals surface area (Å²) in [4.78, 5) is 7.94. The second kappa shape index (κ2) is 5.86. The van der Waals surface area contributed by atoms with Gasteiger partial charge in [0.15, 0.2) is 5.65 Å². The van der Waals surface area contributed by atoms with Gasteiger partial charge in [-0.05, 0) is 22.4 Å². The maximum Gasteiger partial charge on any atom is 0.211 e. The number of benzene rings is 3. The van der Waals surface area contributed by atoms with Crippen molar-refractivity contribution in [3.63, 3.8) is 0 Å². The smallest absolute Gasteiger partial charge is 0.211 e. The van der Waals surface area contributed by atoms with Gasteiger partial charge >= 0.3 is 0 Å². The Balaban J connectivity index is 1.43. The van der Waals surface area contributed by atoms with Crippen LogP contribution in [-0.2, 0) is 5.75 Å². The zero-order valence-corrected chi connectivity index (χ0v) is 14.1. The van der Waals surface area contributed by atoms with Gasteiger partial charge in [0.1, 0.15) is 5.52 Å². The average molecular weight is 342 g/mol. The first-order chi connectivity index (χ1) is 12.4. The largest absolute Gasteiger partial charge is 0.338 e. The number of aromatic amines is 1. The molecule has 0 saturated heterocycles. The van der Waals surface area contributed by atoms with Crippen LogP contribution in [0.4, 0.5) is 0 Å². The van der Waals surface area contributed by atoms with E-state index in [2.05, 4.69) is 62.6 Å². The van der Waals surface area contributed by atoms with E-state index in [9.17, 15) is 0 Å². The Morgan fingerprint density at radius 2 is 1.68 bits per heavy atom. The number of nitrogens with zero attached hydrogens (tertiary/aromatic N) is 3. The van der Waals surface area contributed by atoms with Gasteiger partial charge in [0.2, 0.25) is 5.16 Å². The van der Waals surface area contributed by atoms with E-state index < -0.39 is 0 Å².